The highest BCUT2D eigenvalue weighted by Crippen LogP contribution is 2.37. The van der Waals surface area contributed by atoms with Crippen LogP contribution < -0.4 is 15.0 Å². The van der Waals surface area contributed by atoms with E-state index in [4.69, 9.17) is 14.5 Å². The fourth-order valence-corrected chi connectivity index (χ4v) is 4.99. The van der Waals surface area contributed by atoms with Crippen molar-refractivity contribution in [3.63, 3.8) is 0 Å². The van der Waals surface area contributed by atoms with Crippen LogP contribution in [0.25, 0.3) is 10.9 Å². The fraction of sp³-hybridized carbons (Fsp3) is 0.636. The molecule has 0 radical (unpaired) electrons. The number of hydrogen-bond acceptors (Lipinski definition) is 7. The Morgan fingerprint density at radius 2 is 1.97 bits per heavy atom. The molecule has 1 aromatic heterocycles. The number of rotatable bonds is 5. The Morgan fingerprint density at radius 1 is 1.21 bits per heavy atom. The normalized spacial score (nSPS) is 26.4. The third-order valence-corrected chi connectivity index (χ3v) is 6.38. The number of fused-ring (bicyclic) bond motifs is 1. The highest BCUT2D eigenvalue weighted by atomic mass is 16.5. The fourth-order valence-electron chi connectivity index (χ4n) is 4.99. The third kappa shape index (κ3) is 3.67. The number of benzene rings is 1. The minimum atomic E-state index is 0.450. The minimum Gasteiger partial charge on any atom is -0.462 e. The maximum atomic E-state index is 5.90. The molecule has 0 saturated carbocycles. The number of hydrogen-bond donors (Lipinski definition) is 1. The molecule has 1 aromatic carbocycles. The van der Waals surface area contributed by atoms with Gasteiger partial charge >= 0.3 is 6.01 Å². The summed E-state index contributed by atoms with van der Waals surface area (Å²) in [5, 5.41) is 4.70. The molecule has 5 rings (SSSR count). The first kappa shape index (κ1) is 19.0. The largest absolute Gasteiger partial charge is 0.462 e. The number of ether oxygens (including phenoxy) is 2. The van der Waals surface area contributed by atoms with Crippen LogP contribution in [0.5, 0.6) is 6.01 Å². The number of nitrogens with zero attached hydrogens (tertiary/aromatic N) is 4. The summed E-state index contributed by atoms with van der Waals surface area (Å²) in [6.45, 7) is 14.2. The van der Waals surface area contributed by atoms with Gasteiger partial charge in [0.25, 0.3) is 0 Å². The minimum absolute atomic E-state index is 0.450. The first-order chi connectivity index (χ1) is 14.0. The van der Waals surface area contributed by atoms with Gasteiger partial charge in [0.05, 0.1) is 18.7 Å². The molecule has 2 unspecified atom stereocenters. The van der Waals surface area contributed by atoms with Crippen LogP contribution in [0.4, 0.5) is 5.69 Å². The van der Waals surface area contributed by atoms with Gasteiger partial charge in [0.15, 0.2) is 0 Å². The molecule has 2 aromatic rings. The number of likely N-dealkylation sites (tertiary alicyclic amines) is 1. The van der Waals surface area contributed by atoms with Crippen LogP contribution in [0.3, 0.4) is 0 Å². The Balaban J connectivity index is 1.27. The third-order valence-electron chi connectivity index (χ3n) is 6.38. The lowest BCUT2D eigenvalue weighted by Gasteiger charge is -2.55. The molecule has 3 aliphatic rings. The molecule has 3 fully saturated rings. The molecule has 3 aliphatic heterocycles. The molecule has 1 spiro atoms. The molecule has 0 aliphatic carbocycles. The standard InChI is InChI=1S/C22H31N5O2/c1-15-4-5-19(27-9-16(2)24-17(3)10-27)18-8-23-21(25-20(15)18)29-7-6-26-11-22(12-26)13-28-14-22/h4-5,8,16-17,24H,6-7,9-14H2,1-3H3. The number of piperazine rings is 1. The predicted octanol–water partition coefficient (Wildman–Crippen LogP) is 1.84. The van der Waals surface area contributed by atoms with Crippen LogP contribution in [0.1, 0.15) is 19.4 Å². The van der Waals surface area contributed by atoms with Crippen molar-refractivity contribution in [3.8, 4) is 6.01 Å². The van der Waals surface area contributed by atoms with Crippen molar-refractivity contribution in [3.05, 3.63) is 23.9 Å². The monoisotopic (exact) mass is 397 g/mol. The second kappa shape index (κ2) is 7.38. The van der Waals surface area contributed by atoms with Crippen LogP contribution in [0.2, 0.25) is 0 Å². The first-order valence-corrected chi connectivity index (χ1v) is 10.7. The zero-order valence-corrected chi connectivity index (χ0v) is 17.6. The molecule has 7 heteroatoms. The summed E-state index contributed by atoms with van der Waals surface area (Å²) in [7, 11) is 0. The Bertz CT molecular complexity index is 882. The van der Waals surface area contributed by atoms with Gasteiger partial charge in [0.2, 0.25) is 0 Å². The average molecular weight is 398 g/mol. The maximum absolute atomic E-state index is 5.90. The van der Waals surface area contributed by atoms with Gasteiger partial charge < -0.3 is 19.7 Å². The summed E-state index contributed by atoms with van der Waals surface area (Å²) in [5.74, 6) is 0. The summed E-state index contributed by atoms with van der Waals surface area (Å²) in [6.07, 6.45) is 1.93. The van der Waals surface area contributed by atoms with E-state index in [1.807, 2.05) is 6.20 Å². The van der Waals surface area contributed by atoms with Gasteiger partial charge in [0, 0.05) is 67.5 Å². The zero-order chi connectivity index (χ0) is 20.0. The van der Waals surface area contributed by atoms with Crippen molar-refractivity contribution in [2.75, 3.05) is 57.4 Å². The van der Waals surface area contributed by atoms with Gasteiger partial charge in [-0.25, -0.2) is 4.98 Å². The summed E-state index contributed by atoms with van der Waals surface area (Å²) in [6, 6.07) is 5.76. The Labute approximate surface area is 172 Å². The number of anilines is 1. The zero-order valence-electron chi connectivity index (χ0n) is 17.6. The highest BCUT2D eigenvalue weighted by molar-refractivity contribution is 5.93. The molecule has 1 N–H and O–H groups in total. The van der Waals surface area contributed by atoms with Crippen molar-refractivity contribution < 1.29 is 9.47 Å². The number of aryl methyl sites for hydroxylation is 1. The lowest BCUT2D eigenvalue weighted by atomic mass is 9.78. The molecule has 156 valence electrons. The molecule has 2 atom stereocenters. The van der Waals surface area contributed by atoms with E-state index in [1.165, 1.54) is 5.69 Å². The Hall–Kier alpha value is -1.96. The lowest BCUT2D eigenvalue weighted by Crippen LogP contribution is -2.66. The summed E-state index contributed by atoms with van der Waals surface area (Å²) < 4.78 is 11.2. The van der Waals surface area contributed by atoms with Gasteiger partial charge in [-0.2, -0.15) is 4.98 Å². The smallest absolute Gasteiger partial charge is 0.316 e. The van der Waals surface area contributed by atoms with Crippen LogP contribution >= 0.6 is 0 Å². The maximum Gasteiger partial charge on any atom is 0.316 e. The molecule has 7 nitrogen and oxygen atoms in total. The van der Waals surface area contributed by atoms with E-state index in [0.717, 1.165) is 62.4 Å². The van der Waals surface area contributed by atoms with Gasteiger partial charge in [-0.3, -0.25) is 4.90 Å². The molecular formula is C22H31N5O2. The van der Waals surface area contributed by atoms with Crippen molar-refractivity contribution in [2.45, 2.75) is 32.9 Å². The van der Waals surface area contributed by atoms with Crippen molar-refractivity contribution in [2.24, 2.45) is 5.41 Å². The average Bonchev–Trinajstić information content (AvgIpc) is 2.62. The van der Waals surface area contributed by atoms with Crippen LogP contribution in [-0.2, 0) is 4.74 Å². The van der Waals surface area contributed by atoms with Gasteiger partial charge in [-0.1, -0.05) is 6.07 Å². The summed E-state index contributed by atoms with van der Waals surface area (Å²) in [4.78, 5) is 14.1. The second-order valence-electron chi connectivity index (χ2n) is 9.24. The molecule has 0 bridgehead atoms. The number of aromatic nitrogens is 2. The van der Waals surface area contributed by atoms with Gasteiger partial charge in [0.1, 0.15) is 6.61 Å². The molecule has 29 heavy (non-hydrogen) atoms. The Morgan fingerprint density at radius 3 is 2.66 bits per heavy atom. The highest BCUT2D eigenvalue weighted by Gasteiger charge is 2.48. The topological polar surface area (TPSA) is 62.8 Å². The summed E-state index contributed by atoms with van der Waals surface area (Å²) in [5.41, 5.74) is 3.81. The molecule has 3 saturated heterocycles. The SMILES string of the molecule is Cc1ccc(N2CC(C)NC(C)C2)c2cnc(OCCN3CC4(COC4)C3)nc12. The van der Waals surface area contributed by atoms with E-state index in [0.29, 0.717) is 30.1 Å². The van der Waals surface area contributed by atoms with E-state index in [9.17, 15) is 0 Å². The summed E-state index contributed by atoms with van der Waals surface area (Å²) >= 11 is 0. The van der Waals surface area contributed by atoms with Crippen molar-refractivity contribution in [1.82, 2.24) is 20.2 Å². The van der Waals surface area contributed by atoms with Crippen LogP contribution in [0, 0.1) is 12.3 Å². The first-order valence-electron chi connectivity index (χ1n) is 10.7. The molecule has 4 heterocycles. The number of nitrogens with one attached hydrogen (secondary N) is 1. The van der Waals surface area contributed by atoms with E-state index < -0.39 is 0 Å². The van der Waals surface area contributed by atoms with Crippen LogP contribution in [-0.4, -0.2) is 79.5 Å². The second-order valence-corrected chi connectivity index (χ2v) is 9.24. The van der Waals surface area contributed by atoms with E-state index in [-0.39, 0.29) is 0 Å². The van der Waals surface area contributed by atoms with E-state index in [1.54, 1.807) is 0 Å². The van der Waals surface area contributed by atoms with E-state index in [2.05, 4.69) is 53.0 Å². The van der Waals surface area contributed by atoms with Gasteiger partial charge in [-0.05, 0) is 32.4 Å². The quantitative estimate of drug-likeness (QED) is 0.826. The lowest BCUT2D eigenvalue weighted by molar-refractivity contribution is -0.189. The molecule has 0 amide bonds. The Kier molecular flexibility index (Phi) is 4.84. The van der Waals surface area contributed by atoms with Gasteiger partial charge in [-0.15, -0.1) is 0 Å². The molecular weight excluding hydrogens is 366 g/mol. The predicted molar refractivity (Wildman–Crippen MR) is 114 cm³/mol. The van der Waals surface area contributed by atoms with Crippen LogP contribution in [0.15, 0.2) is 18.3 Å². The van der Waals surface area contributed by atoms with Crippen molar-refractivity contribution in [1.29, 1.82) is 0 Å². The van der Waals surface area contributed by atoms with Crippen molar-refractivity contribution >= 4 is 16.6 Å². The van der Waals surface area contributed by atoms with E-state index >= 15 is 0 Å².